The fraction of sp³-hybridized carbons (Fsp3) is 0.433. The monoisotopic (exact) mass is 540 g/mol. The van der Waals surface area contributed by atoms with Gasteiger partial charge in [-0.05, 0) is 44.0 Å². The highest BCUT2D eigenvalue weighted by molar-refractivity contribution is 6.04. The fourth-order valence-corrected chi connectivity index (χ4v) is 5.14. The summed E-state index contributed by atoms with van der Waals surface area (Å²) < 4.78 is 17.4. The summed E-state index contributed by atoms with van der Waals surface area (Å²) in [5.41, 5.74) is 4.63. The van der Waals surface area contributed by atoms with Gasteiger partial charge in [0.15, 0.2) is 0 Å². The number of morpholine rings is 1. The molecule has 3 aliphatic rings. The number of nitrogens with one attached hydrogen (secondary N) is 1. The Morgan fingerprint density at radius 2 is 1.85 bits per heavy atom. The number of anilines is 2. The van der Waals surface area contributed by atoms with Crippen molar-refractivity contribution in [3.05, 3.63) is 59.8 Å². The highest BCUT2D eigenvalue weighted by Gasteiger charge is 2.46. The van der Waals surface area contributed by atoms with Gasteiger partial charge in [0.05, 0.1) is 55.5 Å². The number of ether oxygens (including phenoxy) is 3. The van der Waals surface area contributed by atoms with Crippen molar-refractivity contribution in [2.24, 2.45) is 0 Å². The van der Waals surface area contributed by atoms with Crippen LogP contribution in [0.4, 0.5) is 11.4 Å². The van der Waals surface area contributed by atoms with Gasteiger partial charge in [-0.3, -0.25) is 14.8 Å². The van der Waals surface area contributed by atoms with Crippen LogP contribution >= 0.6 is 0 Å². The van der Waals surface area contributed by atoms with Gasteiger partial charge in [0.25, 0.3) is 5.91 Å². The molecule has 1 N–H and O–H groups in total. The zero-order chi connectivity index (χ0) is 27.5. The Balaban J connectivity index is 1.26. The van der Waals surface area contributed by atoms with Gasteiger partial charge >= 0.3 is 0 Å². The van der Waals surface area contributed by atoms with E-state index in [1.807, 2.05) is 13.0 Å². The van der Waals surface area contributed by atoms with Crippen LogP contribution in [-0.2, 0) is 14.9 Å². The number of nitriles is 1. The Bertz CT molecular complexity index is 1440. The zero-order valence-electron chi connectivity index (χ0n) is 22.6. The third kappa shape index (κ3) is 5.48. The molecule has 0 aromatic carbocycles. The molecule has 10 nitrogen and oxygen atoms in total. The normalized spacial score (nSPS) is 18.6. The first kappa shape index (κ1) is 26.2. The molecule has 0 spiro atoms. The van der Waals surface area contributed by atoms with Crippen molar-refractivity contribution < 1.29 is 19.0 Å². The van der Waals surface area contributed by atoms with E-state index in [1.54, 1.807) is 30.7 Å². The van der Waals surface area contributed by atoms with Crippen LogP contribution < -0.4 is 15.0 Å². The van der Waals surface area contributed by atoms with Crippen molar-refractivity contribution in [3.8, 4) is 23.1 Å². The van der Waals surface area contributed by atoms with Gasteiger partial charge in [-0.25, -0.2) is 4.98 Å². The molecule has 206 valence electrons. The molecule has 3 aromatic heterocycles. The molecule has 6 rings (SSSR count). The molecule has 2 aliphatic heterocycles. The molecule has 1 aliphatic carbocycles. The molecule has 1 saturated carbocycles. The number of amides is 1. The van der Waals surface area contributed by atoms with E-state index in [4.69, 9.17) is 19.2 Å². The minimum Gasteiger partial charge on any atom is -0.473 e. The molecule has 0 atom stereocenters. The fourth-order valence-electron chi connectivity index (χ4n) is 5.14. The Labute approximate surface area is 233 Å². The molecule has 0 unspecified atom stereocenters. The van der Waals surface area contributed by atoms with Crippen LogP contribution in [0.5, 0.6) is 5.88 Å². The molecule has 1 amide bonds. The molecule has 0 bridgehead atoms. The minimum absolute atomic E-state index is 0.0745. The van der Waals surface area contributed by atoms with Gasteiger partial charge in [-0.15, -0.1) is 0 Å². The first-order chi connectivity index (χ1) is 19.5. The Kier molecular flexibility index (Phi) is 7.32. The average molecular weight is 541 g/mol. The Hall–Kier alpha value is -4.07. The van der Waals surface area contributed by atoms with Crippen LogP contribution in [0.15, 0.2) is 42.9 Å². The van der Waals surface area contributed by atoms with Gasteiger partial charge in [0.2, 0.25) is 5.88 Å². The summed E-state index contributed by atoms with van der Waals surface area (Å²) in [6.45, 7) is 6.13. The van der Waals surface area contributed by atoms with Crippen molar-refractivity contribution in [1.29, 1.82) is 5.26 Å². The lowest BCUT2D eigenvalue weighted by atomic mass is 10.0. The summed E-state index contributed by atoms with van der Waals surface area (Å²) >= 11 is 0. The van der Waals surface area contributed by atoms with Crippen molar-refractivity contribution >= 4 is 17.3 Å². The zero-order valence-corrected chi connectivity index (χ0v) is 22.6. The van der Waals surface area contributed by atoms with Crippen LogP contribution in [0.3, 0.4) is 0 Å². The van der Waals surface area contributed by atoms with E-state index in [0.717, 1.165) is 61.3 Å². The maximum absolute atomic E-state index is 13.1. The summed E-state index contributed by atoms with van der Waals surface area (Å²) in [6, 6.07) is 9.71. The molecule has 40 heavy (non-hydrogen) atoms. The number of hydrogen-bond donors (Lipinski definition) is 1. The topological polar surface area (TPSA) is 122 Å². The number of carbonyl (C=O) groups is 1. The second kappa shape index (κ2) is 11.2. The number of hydrogen-bond acceptors (Lipinski definition) is 9. The van der Waals surface area contributed by atoms with Crippen molar-refractivity contribution in [2.75, 3.05) is 49.7 Å². The smallest absolute Gasteiger partial charge is 0.255 e. The Morgan fingerprint density at radius 3 is 2.60 bits per heavy atom. The van der Waals surface area contributed by atoms with Crippen LogP contribution in [0.25, 0.3) is 11.1 Å². The highest BCUT2D eigenvalue weighted by Crippen LogP contribution is 2.46. The molecular weight excluding hydrogens is 508 g/mol. The quantitative estimate of drug-likeness (QED) is 0.473. The van der Waals surface area contributed by atoms with Crippen LogP contribution in [0.1, 0.15) is 47.4 Å². The van der Waals surface area contributed by atoms with Crippen LogP contribution in [0.2, 0.25) is 0 Å². The standard InChI is InChI=1S/C30H32N6O4/c1-20-25(16-23(18-33-20)35-28(37)21-2-7-32-27(15-21)30(19-31)5-6-30)22-14-26(36-8-12-39-13-9-36)29(34-17-22)40-24-3-10-38-11-4-24/h2,7,14-18,24H,3-6,8-13H2,1H3,(H,35,37). The summed E-state index contributed by atoms with van der Waals surface area (Å²) in [4.78, 5) is 29.0. The maximum Gasteiger partial charge on any atom is 0.255 e. The molecule has 0 radical (unpaired) electrons. The number of pyridine rings is 3. The molecule has 3 aromatic rings. The predicted molar refractivity (Wildman–Crippen MR) is 148 cm³/mol. The second-order valence-electron chi connectivity index (χ2n) is 10.5. The van der Waals surface area contributed by atoms with Gasteiger partial charge < -0.3 is 24.4 Å². The maximum atomic E-state index is 13.1. The summed E-state index contributed by atoms with van der Waals surface area (Å²) in [5.74, 6) is 0.341. The lowest BCUT2D eigenvalue weighted by Gasteiger charge is -2.31. The van der Waals surface area contributed by atoms with Gasteiger partial charge in [0, 0.05) is 60.7 Å². The third-order valence-electron chi connectivity index (χ3n) is 7.76. The number of carbonyl (C=O) groups excluding carboxylic acids is 1. The lowest BCUT2D eigenvalue weighted by Crippen LogP contribution is -2.37. The second-order valence-corrected chi connectivity index (χ2v) is 10.5. The van der Waals surface area contributed by atoms with E-state index in [1.165, 1.54) is 0 Å². The molecular formula is C30H32N6O4. The van der Waals surface area contributed by atoms with E-state index in [9.17, 15) is 10.1 Å². The van der Waals surface area contributed by atoms with E-state index in [2.05, 4.69) is 32.3 Å². The SMILES string of the molecule is Cc1ncc(NC(=O)c2ccnc(C3(C#N)CC3)c2)cc1-c1cnc(OC2CCOCC2)c(N2CCOCC2)c1. The third-order valence-corrected chi connectivity index (χ3v) is 7.76. The average Bonchev–Trinajstić information content (AvgIpc) is 3.81. The van der Waals surface area contributed by atoms with Crippen LogP contribution in [-0.4, -0.2) is 66.5 Å². The van der Waals surface area contributed by atoms with Gasteiger partial charge in [0.1, 0.15) is 11.8 Å². The van der Waals surface area contributed by atoms with Gasteiger partial charge in [-0.1, -0.05) is 0 Å². The number of rotatable bonds is 7. The van der Waals surface area contributed by atoms with E-state index >= 15 is 0 Å². The molecule has 3 fully saturated rings. The minimum atomic E-state index is -0.555. The van der Waals surface area contributed by atoms with Crippen molar-refractivity contribution in [1.82, 2.24) is 15.0 Å². The predicted octanol–water partition coefficient (Wildman–Crippen LogP) is 4.05. The molecule has 10 heteroatoms. The first-order valence-corrected chi connectivity index (χ1v) is 13.8. The lowest BCUT2D eigenvalue weighted by molar-refractivity contribution is 0.0238. The molecule has 5 heterocycles. The van der Waals surface area contributed by atoms with Crippen LogP contribution in [0, 0.1) is 18.3 Å². The largest absolute Gasteiger partial charge is 0.473 e. The summed E-state index contributed by atoms with van der Waals surface area (Å²) in [6.07, 6.45) is 8.34. The van der Waals surface area contributed by atoms with E-state index in [0.29, 0.717) is 49.3 Å². The number of nitrogens with zero attached hydrogens (tertiary/aromatic N) is 5. The van der Waals surface area contributed by atoms with Gasteiger partial charge in [-0.2, -0.15) is 5.26 Å². The van der Waals surface area contributed by atoms with Crippen molar-refractivity contribution in [3.63, 3.8) is 0 Å². The summed E-state index contributed by atoms with van der Waals surface area (Å²) in [5, 5.41) is 12.5. The van der Waals surface area contributed by atoms with E-state index in [-0.39, 0.29) is 12.0 Å². The Morgan fingerprint density at radius 1 is 1.07 bits per heavy atom. The first-order valence-electron chi connectivity index (χ1n) is 13.8. The highest BCUT2D eigenvalue weighted by atomic mass is 16.5. The summed E-state index contributed by atoms with van der Waals surface area (Å²) in [7, 11) is 0. The van der Waals surface area contributed by atoms with E-state index < -0.39 is 5.41 Å². The number of aromatic nitrogens is 3. The van der Waals surface area contributed by atoms with Crippen molar-refractivity contribution in [2.45, 2.75) is 44.1 Å². The molecule has 2 saturated heterocycles. The number of aryl methyl sites for hydroxylation is 1.